The molecule has 0 atom stereocenters. The van der Waals surface area contributed by atoms with Crippen LogP contribution < -0.4 is 14.8 Å². The summed E-state index contributed by atoms with van der Waals surface area (Å²) in [5.74, 6) is 1.40. The zero-order valence-corrected chi connectivity index (χ0v) is 13.7. The van der Waals surface area contributed by atoms with Crippen molar-refractivity contribution in [3.8, 4) is 11.5 Å². The molecule has 5 nitrogen and oxygen atoms in total. The lowest BCUT2D eigenvalue weighted by molar-refractivity contribution is 0.0707. The highest BCUT2D eigenvalue weighted by atomic mass is 16.5. The average molecular weight is 306 g/mol. The van der Waals surface area contributed by atoms with Crippen molar-refractivity contribution < 1.29 is 14.3 Å². The van der Waals surface area contributed by atoms with Gasteiger partial charge in [-0.3, -0.25) is 4.79 Å². The van der Waals surface area contributed by atoms with Gasteiger partial charge in [-0.05, 0) is 51.9 Å². The lowest BCUT2D eigenvalue weighted by atomic mass is 10.0. The molecule has 2 rings (SSSR count). The highest BCUT2D eigenvalue weighted by Crippen LogP contribution is 2.29. The van der Waals surface area contributed by atoms with Crippen LogP contribution in [-0.4, -0.2) is 50.2 Å². The van der Waals surface area contributed by atoms with Crippen molar-refractivity contribution in [3.05, 3.63) is 23.8 Å². The Morgan fingerprint density at radius 1 is 1.18 bits per heavy atom. The largest absolute Gasteiger partial charge is 0.490 e. The van der Waals surface area contributed by atoms with Crippen LogP contribution in [0.5, 0.6) is 11.5 Å². The number of nitrogens with zero attached hydrogens (tertiary/aromatic N) is 1. The van der Waals surface area contributed by atoms with Crippen LogP contribution >= 0.6 is 0 Å². The molecule has 122 valence electrons. The number of piperidine rings is 1. The summed E-state index contributed by atoms with van der Waals surface area (Å²) in [6, 6.07) is 5.95. The van der Waals surface area contributed by atoms with Crippen LogP contribution in [-0.2, 0) is 0 Å². The predicted octanol–water partition coefficient (Wildman–Crippen LogP) is 2.31. The molecule has 1 aromatic rings. The fraction of sp³-hybridized carbons (Fsp3) is 0.588. The summed E-state index contributed by atoms with van der Waals surface area (Å²) < 4.78 is 11.1. The first-order valence-corrected chi connectivity index (χ1v) is 8.05. The molecular formula is C17H26N2O3. The number of carbonyl (C=O) groups excluding carboxylic acids is 1. The van der Waals surface area contributed by atoms with E-state index in [0.29, 0.717) is 36.3 Å². The molecule has 22 heavy (non-hydrogen) atoms. The van der Waals surface area contributed by atoms with Crippen LogP contribution in [0.15, 0.2) is 18.2 Å². The number of amides is 1. The molecule has 0 radical (unpaired) electrons. The van der Waals surface area contributed by atoms with Crippen LogP contribution in [0, 0.1) is 0 Å². The first kappa shape index (κ1) is 16.6. The average Bonchev–Trinajstić information content (AvgIpc) is 2.56. The SMILES string of the molecule is CCOc1ccc(C(=O)N2CCC(NC)CC2)cc1OCC. The fourth-order valence-corrected chi connectivity index (χ4v) is 2.74. The van der Waals surface area contributed by atoms with Crippen molar-refractivity contribution in [2.75, 3.05) is 33.4 Å². The molecule has 0 aliphatic carbocycles. The number of ether oxygens (including phenoxy) is 2. The van der Waals surface area contributed by atoms with Gasteiger partial charge in [-0.25, -0.2) is 0 Å². The van der Waals surface area contributed by atoms with Crippen LogP contribution in [0.25, 0.3) is 0 Å². The predicted molar refractivity (Wildman–Crippen MR) is 86.8 cm³/mol. The van der Waals surface area contributed by atoms with Crippen LogP contribution in [0.3, 0.4) is 0 Å². The van der Waals surface area contributed by atoms with Crippen LogP contribution in [0.4, 0.5) is 0 Å². The highest BCUT2D eigenvalue weighted by Gasteiger charge is 2.23. The van der Waals surface area contributed by atoms with E-state index in [0.717, 1.165) is 25.9 Å². The second kappa shape index (κ2) is 8.03. The normalized spacial score (nSPS) is 15.7. The van der Waals surface area contributed by atoms with Crippen LogP contribution in [0.2, 0.25) is 0 Å². The summed E-state index contributed by atoms with van der Waals surface area (Å²) >= 11 is 0. The molecule has 0 spiro atoms. The standard InChI is InChI=1S/C17H26N2O3/c1-4-21-15-7-6-13(12-16(15)22-5-2)17(20)19-10-8-14(18-3)9-11-19/h6-7,12,14,18H,4-5,8-11H2,1-3H3. The summed E-state index contributed by atoms with van der Waals surface area (Å²) in [6.45, 7) is 6.56. The van der Waals surface area contributed by atoms with Crippen molar-refractivity contribution >= 4 is 5.91 Å². The van der Waals surface area contributed by atoms with Gasteiger partial charge in [0.25, 0.3) is 5.91 Å². The number of likely N-dealkylation sites (tertiary alicyclic amines) is 1. The van der Waals surface area contributed by atoms with Gasteiger partial charge in [-0.1, -0.05) is 0 Å². The Hall–Kier alpha value is -1.75. The first-order valence-electron chi connectivity index (χ1n) is 8.05. The van der Waals surface area contributed by atoms with Crippen molar-refractivity contribution in [2.45, 2.75) is 32.7 Å². The van der Waals surface area contributed by atoms with Gasteiger partial charge in [-0.15, -0.1) is 0 Å². The molecular weight excluding hydrogens is 280 g/mol. The second-order valence-corrected chi connectivity index (χ2v) is 5.38. The van der Waals surface area contributed by atoms with Crippen molar-refractivity contribution in [2.24, 2.45) is 0 Å². The molecule has 5 heteroatoms. The Bertz CT molecular complexity index is 497. The Morgan fingerprint density at radius 2 is 1.82 bits per heavy atom. The monoisotopic (exact) mass is 306 g/mol. The van der Waals surface area contributed by atoms with Gasteiger partial charge in [0.1, 0.15) is 0 Å². The van der Waals surface area contributed by atoms with Crippen molar-refractivity contribution in [1.82, 2.24) is 10.2 Å². The number of hydrogen-bond donors (Lipinski definition) is 1. The summed E-state index contributed by atoms with van der Waals surface area (Å²) in [5, 5.41) is 3.28. The van der Waals surface area contributed by atoms with Gasteiger partial charge in [0.05, 0.1) is 13.2 Å². The number of nitrogens with one attached hydrogen (secondary N) is 1. The lowest BCUT2D eigenvalue weighted by Crippen LogP contribution is -2.43. The molecule has 1 amide bonds. The van der Waals surface area contributed by atoms with E-state index in [1.165, 1.54) is 0 Å². The highest BCUT2D eigenvalue weighted by molar-refractivity contribution is 5.95. The van der Waals surface area contributed by atoms with E-state index in [1.807, 2.05) is 37.9 Å². The topological polar surface area (TPSA) is 50.8 Å². The Kier molecular flexibility index (Phi) is 6.07. The Morgan fingerprint density at radius 3 is 2.41 bits per heavy atom. The number of rotatable bonds is 6. The van der Waals surface area contributed by atoms with E-state index in [2.05, 4.69) is 5.32 Å². The minimum atomic E-state index is 0.0681. The lowest BCUT2D eigenvalue weighted by Gasteiger charge is -2.32. The van der Waals surface area contributed by atoms with Crippen molar-refractivity contribution in [1.29, 1.82) is 0 Å². The molecule has 1 aliphatic rings. The summed E-state index contributed by atoms with van der Waals surface area (Å²) in [5.41, 5.74) is 0.662. The smallest absolute Gasteiger partial charge is 0.253 e. The summed E-state index contributed by atoms with van der Waals surface area (Å²) in [7, 11) is 1.98. The van der Waals surface area contributed by atoms with Crippen molar-refractivity contribution in [3.63, 3.8) is 0 Å². The number of hydrogen-bond acceptors (Lipinski definition) is 4. The maximum atomic E-state index is 12.6. The number of carbonyl (C=O) groups is 1. The molecule has 0 bridgehead atoms. The van der Waals surface area contributed by atoms with Gasteiger partial charge in [0.2, 0.25) is 0 Å². The van der Waals surface area contributed by atoms with Gasteiger partial charge < -0.3 is 19.7 Å². The van der Waals surface area contributed by atoms with Crippen LogP contribution in [0.1, 0.15) is 37.0 Å². The minimum Gasteiger partial charge on any atom is -0.490 e. The van der Waals surface area contributed by atoms with E-state index in [-0.39, 0.29) is 5.91 Å². The van der Waals surface area contributed by atoms with E-state index >= 15 is 0 Å². The number of benzene rings is 1. The van der Waals surface area contributed by atoms with E-state index in [1.54, 1.807) is 6.07 Å². The van der Waals surface area contributed by atoms with Gasteiger partial charge in [-0.2, -0.15) is 0 Å². The zero-order valence-electron chi connectivity index (χ0n) is 13.7. The molecule has 1 aliphatic heterocycles. The quantitative estimate of drug-likeness (QED) is 0.876. The Labute approximate surface area is 132 Å². The third kappa shape index (κ3) is 3.91. The molecule has 1 N–H and O–H groups in total. The molecule has 0 aromatic heterocycles. The molecule has 0 unspecified atom stereocenters. The molecule has 1 heterocycles. The zero-order chi connectivity index (χ0) is 15.9. The van der Waals surface area contributed by atoms with Gasteiger partial charge in [0, 0.05) is 24.7 Å². The third-order valence-corrected chi connectivity index (χ3v) is 3.98. The molecule has 1 aromatic carbocycles. The summed E-state index contributed by atoms with van der Waals surface area (Å²) in [6.07, 6.45) is 2.00. The maximum absolute atomic E-state index is 12.6. The van der Waals surface area contributed by atoms with E-state index < -0.39 is 0 Å². The molecule has 1 saturated heterocycles. The summed E-state index contributed by atoms with van der Waals surface area (Å²) in [4.78, 5) is 14.5. The minimum absolute atomic E-state index is 0.0681. The first-order chi connectivity index (χ1) is 10.7. The Balaban J connectivity index is 2.11. The fourth-order valence-electron chi connectivity index (χ4n) is 2.74. The maximum Gasteiger partial charge on any atom is 0.253 e. The van der Waals surface area contributed by atoms with Gasteiger partial charge in [0.15, 0.2) is 11.5 Å². The van der Waals surface area contributed by atoms with Gasteiger partial charge >= 0.3 is 0 Å². The van der Waals surface area contributed by atoms with E-state index in [9.17, 15) is 4.79 Å². The van der Waals surface area contributed by atoms with E-state index in [4.69, 9.17) is 9.47 Å². The molecule has 1 fully saturated rings. The second-order valence-electron chi connectivity index (χ2n) is 5.38. The third-order valence-electron chi connectivity index (χ3n) is 3.98. The molecule has 0 saturated carbocycles.